The van der Waals surface area contributed by atoms with Crippen LogP contribution in [0, 0.1) is 5.92 Å². The van der Waals surface area contributed by atoms with E-state index in [1.807, 2.05) is 36.1 Å². The Labute approximate surface area is 139 Å². The normalized spacial score (nSPS) is 13.2. The molecule has 23 heavy (non-hydrogen) atoms. The number of benzene rings is 1. The third-order valence-electron chi connectivity index (χ3n) is 4.51. The smallest absolute Gasteiger partial charge is 0.253 e. The zero-order valence-corrected chi connectivity index (χ0v) is 14.6. The van der Waals surface area contributed by atoms with Crippen molar-refractivity contribution in [3.63, 3.8) is 0 Å². The Hall–Kier alpha value is -1.97. The molecule has 1 aliphatic rings. The summed E-state index contributed by atoms with van der Waals surface area (Å²) in [7, 11) is 1.62. The highest BCUT2D eigenvalue weighted by Crippen LogP contribution is 2.35. The van der Waals surface area contributed by atoms with Crippen molar-refractivity contribution in [3.8, 4) is 11.5 Å². The third-order valence-corrected chi connectivity index (χ3v) is 4.51. The van der Waals surface area contributed by atoms with Gasteiger partial charge in [0.1, 0.15) is 6.61 Å². The van der Waals surface area contributed by atoms with E-state index in [4.69, 9.17) is 9.47 Å². The van der Waals surface area contributed by atoms with Crippen LogP contribution in [0.2, 0.25) is 0 Å². The number of nitrogens with zero attached hydrogens (tertiary/aromatic N) is 1. The number of fused-ring (bicyclic) bond motifs is 1. The van der Waals surface area contributed by atoms with E-state index in [0.29, 0.717) is 23.8 Å². The van der Waals surface area contributed by atoms with Crippen LogP contribution in [0.15, 0.2) is 23.8 Å². The van der Waals surface area contributed by atoms with Gasteiger partial charge in [0.15, 0.2) is 11.5 Å². The molecule has 0 unspecified atom stereocenters. The predicted octanol–water partition coefficient (Wildman–Crippen LogP) is 3.76. The number of methoxy groups -OCH3 is 1. The van der Waals surface area contributed by atoms with Crippen LogP contribution in [0.5, 0.6) is 11.5 Å². The molecule has 0 N–H and O–H groups in total. The lowest BCUT2D eigenvalue weighted by Crippen LogP contribution is -2.37. The highest BCUT2D eigenvalue weighted by molar-refractivity contribution is 5.99. The lowest BCUT2D eigenvalue weighted by atomic mass is 10.0. The molecule has 4 heteroatoms. The molecule has 0 aliphatic carbocycles. The molecule has 0 atom stereocenters. The molecule has 126 valence electrons. The molecule has 0 bridgehead atoms. The van der Waals surface area contributed by atoms with Crippen LogP contribution in [0.3, 0.4) is 0 Å². The molecule has 2 rings (SSSR count). The number of ether oxygens (including phenoxy) is 2. The van der Waals surface area contributed by atoms with Gasteiger partial charge in [0.05, 0.1) is 12.7 Å². The van der Waals surface area contributed by atoms with Gasteiger partial charge in [0.2, 0.25) is 0 Å². The number of para-hydroxylation sites is 1. The van der Waals surface area contributed by atoms with Crippen LogP contribution in [0.25, 0.3) is 6.08 Å². The Morgan fingerprint density at radius 1 is 1.30 bits per heavy atom. The molecule has 1 aromatic rings. The quantitative estimate of drug-likeness (QED) is 0.768. The van der Waals surface area contributed by atoms with E-state index in [2.05, 4.69) is 13.8 Å². The summed E-state index contributed by atoms with van der Waals surface area (Å²) in [5.74, 6) is 2.05. The molecular formula is C19H27NO3. The average Bonchev–Trinajstić information content (AvgIpc) is 2.61. The largest absolute Gasteiger partial charge is 0.493 e. The fourth-order valence-corrected chi connectivity index (χ4v) is 2.88. The first-order valence-corrected chi connectivity index (χ1v) is 8.44. The molecule has 0 saturated carbocycles. The van der Waals surface area contributed by atoms with E-state index in [0.717, 1.165) is 37.2 Å². The molecule has 0 fully saturated rings. The van der Waals surface area contributed by atoms with Gasteiger partial charge >= 0.3 is 0 Å². The zero-order chi connectivity index (χ0) is 16.8. The Morgan fingerprint density at radius 2 is 2.04 bits per heavy atom. The number of rotatable bonds is 7. The Balaban J connectivity index is 2.20. The number of likely N-dealkylation sites (N-methyl/N-ethyl adjacent to an activating group) is 1. The van der Waals surface area contributed by atoms with Gasteiger partial charge in [-0.1, -0.05) is 38.8 Å². The van der Waals surface area contributed by atoms with Gasteiger partial charge in [-0.05, 0) is 25.0 Å². The molecule has 1 aliphatic heterocycles. The highest BCUT2D eigenvalue weighted by Gasteiger charge is 2.24. The number of carbonyl (C=O) groups excluding carboxylic acids is 1. The first-order valence-electron chi connectivity index (χ1n) is 8.44. The average molecular weight is 317 g/mol. The van der Waals surface area contributed by atoms with Gasteiger partial charge in [-0.15, -0.1) is 0 Å². The van der Waals surface area contributed by atoms with Gasteiger partial charge in [0.25, 0.3) is 5.91 Å². The Morgan fingerprint density at radius 3 is 2.65 bits per heavy atom. The summed E-state index contributed by atoms with van der Waals surface area (Å²) in [4.78, 5) is 14.7. The van der Waals surface area contributed by atoms with Crippen LogP contribution in [0.4, 0.5) is 0 Å². The lowest BCUT2D eigenvalue weighted by molar-refractivity contribution is -0.127. The fourth-order valence-electron chi connectivity index (χ4n) is 2.88. The summed E-state index contributed by atoms with van der Waals surface area (Å²) < 4.78 is 11.1. The first-order chi connectivity index (χ1) is 11.1. The molecule has 0 aromatic heterocycles. The van der Waals surface area contributed by atoms with Gasteiger partial charge < -0.3 is 14.4 Å². The van der Waals surface area contributed by atoms with Crippen molar-refractivity contribution in [1.29, 1.82) is 0 Å². The minimum atomic E-state index is 0.0767. The SMILES string of the molecule is CCC(CC)CN(CC)C(=O)C1=Cc2cccc(OC)c2OC1. The topological polar surface area (TPSA) is 38.8 Å². The Bertz CT molecular complexity index is 576. The van der Waals surface area contributed by atoms with E-state index < -0.39 is 0 Å². The minimum Gasteiger partial charge on any atom is -0.493 e. The zero-order valence-electron chi connectivity index (χ0n) is 14.6. The monoisotopic (exact) mass is 317 g/mol. The molecular weight excluding hydrogens is 290 g/mol. The number of hydrogen-bond donors (Lipinski definition) is 0. The van der Waals surface area contributed by atoms with E-state index in [1.165, 1.54) is 0 Å². The highest BCUT2D eigenvalue weighted by atomic mass is 16.5. The summed E-state index contributed by atoms with van der Waals surface area (Å²) in [5.41, 5.74) is 1.61. The van der Waals surface area contributed by atoms with E-state index in [1.54, 1.807) is 7.11 Å². The lowest BCUT2D eigenvalue weighted by Gasteiger charge is -2.28. The predicted molar refractivity (Wildman–Crippen MR) is 92.8 cm³/mol. The van der Waals surface area contributed by atoms with E-state index in [-0.39, 0.29) is 5.91 Å². The third kappa shape index (κ3) is 3.87. The summed E-state index contributed by atoms with van der Waals surface area (Å²) >= 11 is 0. The molecule has 1 heterocycles. The molecule has 1 aromatic carbocycles. The van der Waals surface area contributed by atoms with E-state index >= 15 is 0 Å². The van der Waals surface area contributed by atoms with Crippen molar-refractivity contribution in [2.45, 2.75) is 33.6 Å². The number of amides is 1. The maximum Gasteiger partial charge on any atom is 0.253 e. The van der Waals surface area contributed by atoms with Gasteiger partial charge in [0, 0.05) is 18.7 Å². The maximum atomic E-state index is 12.8. The maximum absolute atomic E-state index is 12.8. The second kappa shape index (κ2) is 8.04. The molecule has 1 amide bonds. The molecule has 0 saturated heterocycles. The van der Waals surface area contributed by atoms with Crippen molar-refractivity contribution in [1.82, 2.24) is 4.90 Å². The van der Waals surface area contributed by atoms with Crippen molar-refractivity contribution < 1.29 is 14.3 Å². The standard InChI is InChI=1S/C19H27NO3/c1-5-14(6-2)12-20(7-3)19(21)16-11-15-9-8-10-17(22-4)18(15)23-13-16/h8-11,14H,5-7,12-13H2,1-4H3. The number of hydrogen-bond acceptors (Lipinski definition) is 3. The number of carbonyl (C=O) groups is 1. The summed E-state index contributed by atoms with van der Waals surface area (Å²) in [6.07, 6.45) is 4.12. The summed E-state index contributed by atoms with van der Waals surface area (Å²) in [5, 5.41) is 0. The van der Waals surface area contributed by atoms with Crippen LogP contribution < -0.4 is 9.47 Å². The van der Waals surface area contributed by atoms with E-state index in [9.17, 15) is 4.79 Å². The molecule has 0 spiro atoms. The van der Waals surface area contributed by atoms with Crippen LogP contribution in [0.1, 0.15) is 39.2 Å². The van der Waals surface area contributed by atoms with Crippen molar-refractivity contribution in [2.75, 3.05) is 26.8 Å². The first kappa shape index (κ1) is 17.4. The van der Waals surface area contributed by atoms with Crippen molar-refractivity contribution in [3.05, 3.63) is 29.3 Å². The summed E-state index contributed by atoms with van der Waals surface area (Å²) in [6.45, 7) is 8.21. The fraction of sp³-hybridized carbons (Fsp3) is 0.526. The van der Waals surface area contributed by atoms with Crippen LogP contribution in [-0.2, 0) is 4.79 Å². The molecule has 0 radical (unpaired) electrons. The van der Waals surface area contributed by atoms with Crippen molar-refractivity contribution in [2.24, 2.45) is 5.92 Å². The Kier molecular flexibility index (Phi) is 6.08. The van der Waals surface area contributed by atoms with Crippen LogP contribution in [-0.4, -0.2) is 37.6 Å². The van der Waals surface area contributed by atoms with Gasteiger partial charge in [-0.25, -0.2) is 0 Å². The second-order valence-electron chi connectivity index (χ2n) is 5.86. The summed E-state index contributed by atoms with van der Waals surface area (Å²) in [6, 6.07) is 5.72. The van der Waals surface area contributed by atoms with Gasteiger partial charge in [-0.2, -0.15) is 0 Å². The van der Waals surface area contributed by atoms with Crippen LogP contribution >= 0.6 is 0 Å². The van der Waals surface area contributed by atoms with Crippen molar-refractivity contribution >= 4 is 12.0 Å². The molecule has 4 nitrogen and oxygen atoms in total. The minimum absolute atomic E-state index is 0.0767. The van der Waals surface area contributed by atoms with Gasteiger partial charge in [-0.3, -0.25) is 4.79 Å². The second-order valence-corrected chi connectivity index (χ2v) is 5.86.